The van der Waals surface area contributed by atoms with Gasteiger partial charge in [0.15, 0.2) is 5.76 Å². The molecule has 1 aliphatic heterocycles. The third-order valence-corrected chi connectivity index (χ3v) is 6.71. The Morgan fingerprint density at radius 2 is 1.97 bits per heavy atom. The van der Waals surface area contributed by atoms with Gasteiger partial charge in [0.25, 0.3) is 5.91 Å². The minimum atomic E-state index is -1.05. The summed E-state index contributed by atoms with van der Waals surface area (Å²) in [7, 11) is 0. The van der Waals surface area contributed by atoms with Crippen LogP contribution in [0.3, 0.4) is 0 Å². The second-order valence-corrected chi connectivity index (χ2v) is 9.66. The predicted molar refractivity (Wildman–Crippen MR) is 133 cm³/mol. The third-order valence-electron chi connectivity index (χ3n) is 6.16. The van der Waals surface area contributed by atoms with Crippen LogP contribution in [0.15, 0.2) is 53.2 Å². The lowest BCUT2D eigenvalue weighted by Gasteiger charge is -2.36. The lowest BCUT2D eigenvalue weighted by atomic mass is 9.82. The molecule has 0 radical (unpaired) electrons. The lowest BCUT2D eigenvalue weighted by molar-refractivity contribution is -0.131. The number of nitrogens with zero attached hydrogens (tertiary/aromatic N) is 2. The summed E-state index contributed by atoms with van der Waals surface area (Å²) in [6.45, 7) is 4.61. The van der Waals surface area contributed by atoms with E-state index in [9.17, 15) is 9.59 Å². The van der Waals surface area contributed by atoms with Crippen molar-refractivity contribution in [3.63, 3.8) is 0 Å². The van der Waals surface area contributed by atoms with Crippen LogP contribution in [0.1, 0.15) is 34.2 Å². The van der Waals surface area contributed by atoms with Gasteiger partial charge in [0, 0.05) is 28.2 Å². The molecule has 1 saturated heterocycles. The van der Waals surface area contributed by atoms with Crippen molar-refractivity contribution in [3.05, 3.63) is 81.2 Å². The van der Waals surface area contributed by atoms with E-state index < -0.39 is 11.4 Å². The summed E-state index contributed by atoms with van der Waals surface area (Å²) >= 11 is 12.6. The number of carboxylic acids is 1. The number of halogens is 2. The van der Waals surface area contributed by atoms with Crippen molar-refractivity contribution in [2.24, 2.45) is 0 Å². The first-order valence-electron chi connectivity index (χ1n) is 10.8. The highest BCUT2D eigenvalue weighted by Gasteiger charge is 2.44. The average molecular weight is 511 g/mol. The molecule has 0 amide bonds. The van der Waals surface area contributed by atoms with Crippen molar-refractivity contribution in [2.45, 2.75) is 19.3 Å². The smallest absolute Gasteiger partial charge is 0.328 e. The second-order valence-electron chi connectivity index (χ2n) is 8.81. The Morgan fingerprint density at radius 1 is 1.20 bits per heavy atom. The molecule has 0 unspecified atom stereocenters. The van der Waals surface area contributed by atoms with E-state index >= 15 is 0 Å². The number of carboxylic acid groups (broad SMARTS) is 1. The minimum absolute atomic E-state index is 0.295. The predicted octanol–water partition coefficient (Wildman–Crippen LogP) is 5.99. The second kappa shape index (κ2) is 8.68. The quantitative estimate of drug-likeness (QED) is 0.331. The number of aryl methyl sites for hydroxylation is 1. The molecule has 0 aliphatic carbocycles. The molecule has 35 heavy (non-hydrogen) atoms. The molecular formula is C26H20Cl2N2O5. The molecule has 1 fully saturated rings. The average Bonchev–Trinajstić information content (AvgIpc) is 3.38. The zero-order valence-electron chi connectivity index (χ0n) is 18.8. The van der Waals surface area contributed by atoms with Gasteiger partial charge in [-0.25, -0.2) is 4.79 Å². The summed E-state index contributed by atoms with van der Waals surface area (Å²) in [6.07, 6.45) is 4.32. The Hall–Kier alpha value is -3.39. The number of fused-ring (bicyclic) bond motifs is 1. The minimum Gasteiger partial charge on any atom is -0.478 e. The molecular weight excluding hydrogens is 491 g/mol. The summed E-state index contributed by atoms with van der Waals surface area (Å²) in [5.74, 6) is -0.964. The Kier molecular flexibility index (Phi) is 5.79. The van der Waals surface area contributed by atoms with Crippen LogP contribution < -0.4 is 0 Å². The van der Waals surface area contributed by atoms with Crippen molar-refractivity contribution < 1.29 is 24.0 Å². The molecule has 0 spiro atoms. The standard InChI is InChI=1S/C26H20Cl2N2O5/c1-14-11-30(19-5-3-4-15(21(14)19)6-9-20(31)32)25(33)22-23(17-8-7-16(27)10-18(17)28)29-35-24(22)26(2)12-34-13-26/h3-11H,12-13H2,1-2H3,(H,31,32)/b9-6+. The van der Waals surface area contributed by atoms with E-state index in [1.807, 2.05) is 19.9 Å². The molecule has 3 heterocycles. The maximum atomic E-state index is 14.1. The number of ether oxygens (including phenoxy) is 1. The van der Waals surface area contributed by atoms with Crippen LogP contribution in [-0.4, -0.2) is 39.9 Å². The van der Waals surface area contributed by atoms with Gasteiger partial charge in [-0.1, -0.05) is 40.5 Å². The Bertz CT molecular complexity index is 1530. The van der Waals surface area contributed by atoms with Crippen LogP contribution >= 0.6 is 23.2 Å². The lowest BCUT2D eigenvalue weighted by Crippen LogP contribution is -2.44. The van der Waals surface area contributed by atoms with E-state index in [0.717, 1.165) is 17.0 Å². The number of hydrogen-bond acceptors (Lipinski definition) is 5. The zero-order chi connectivity index (χ0) is 24.9. The van der Waals surface area contributed by atoms with Gasteiger partial charge in [-0.15, -0.1) is 0 Å². The van der Waals surface area contributed by atoms with Gasteiger partial charge >= 0.3 is 5.97 Å². The highest BCUT2D eigenvalue weighted by molar-refractivity contribution is 6.36. The fourth-order valence-electron chi connectivity index (χ4n) is 4.41. The molecule has 0 bridgehead atoms. The van der Waals surface area contributed by atoms with E-state index in [1.54, 1.807) is 36.5 Å². The SMILES string of the molecule is Cc1cn(C(=O)c2c(-c3ccc(Cl)cc3Cl)noc2C2(C)COC2)c2cccc(/C=C/C(=O)O)c12. The zero-order valence-corrected chi connectivity index (χ0v) is 20.4. The van der Waals surface area contributed by atoms with Crippen LogP contribution in [0, 0.1) is 6.92 Å². The molecule has 0 atom stereocenters. The first kappa shape index (κ1) is 23.4. The molecule has 2 aromatic carbocycles. The normalized spacial score (nSPS) is 15.0. The first-order chi connectivity index (χ1) is 16.7. The van der Waals surface area contributed by atoms with Crippen LogP contribution in [0.4, 0.5) is 0 Å². The van der Waals surface area contributed by atoms with E-state index in [1.165, 1.54) is 10.6 Å². The van der Waals surface area contributed by atoms with E-state index in [4.69, 9.17) is 37.6 Å². The number of aliphatic carboxylic acids is 1. The van der Waals surface area contributed by atoms with Crippen molar-refractivity contribution in [3.8, 4) is 11.3 Å². The van der Waals surface area contributed by atoms with Crippen LogP contribution in [0.5, 0.6) is 0 Å². The molecule has 7 nitrogen and oxygen atoms in total. The van der Waals surface area contributed by atoms with Crippen LogP contribution in [0.2, 0.25) is 10.0 Å². The molecule has 2 aromatic heterocycles. The monoisotopic (exact) mass is 510 g/mol. The first-order valence-corrected chi connectivity index (χ1v) is 11.5. The highest BCUT2D eigenvalue weighted by atomic mass is 35.5. The number of benzene rings is 2. The number of carbonyl (C=O) groups excluding carboxylic acids is 1. The summed E-state index contributed by atoms with van der Waals surface area (Å²) < 4.78 is 12.7. The molecule has 4 aromatic rings. The van der Waals surface area contributed by atoms with Crippen molar-refractivity contribution in [1.82, 2.24) is 9.72 Å². The summed E-state index contributed by atoms with van der Waals surface area (Å²) in [5.41, 5.74) is 2.78. The maximum absolute atomic E-state index is 14.1. The molecule has 9 heteroatoms. The van der Waals surface area contributed by atoms with Crippen LogP contribution in [0.25, 0.3) is 28.2 Å². The van der Waals surface area contributed by atoms with Gasteiger partial charge in [0.05, 0.1) is 29.2 Å². The van der Waals surface area contributed by atoms with Crippen molar-refractivity contribution in [1.29, 1.82) is 0 Å². The number of carbonyl (C=O) groups is 2. The third kappa shape index (κ3) is 3.95. The Balaban J connectivity index is 1.72. The van der Waals surface area contributed by atoms with E-state index in [2.05, 4.69) is 5.16 Å². The van der Waals surface area contributed by atoms with E-state index in [-0.39, 0.29) is 5.91 Å². The molecule has 1 N–H and O–H groups in total. The van der Waals surface area contributed by atoms with E-state index in [0.29, 0.717) is 56.9 Å². The number of aromatic nitrogens is 2. The highest BCUT2D eigenvalue weighted by Crippen LogP contribution is 2.41. The fraction of sp³-hybridized carbons (Fsp3) is 0.192. The number of rotatable bonds is 5. The summed E-state index contributed by atoms with van der Waals surface area (Å²) in [5, 5.41) is 14.9. The van der Waals surface area contributed by atoms with Crippen molar-refractivity contribution >= 4 is 52.1 Å². The topological polar surface area (TPSA) is 94.6 Å². The van der Waals surface area contributed by atoms with Crippen molar-refractivity contribution in [2.75, 3.05) is 13.2 Å². The fourth-order valence-corrected chi connectivity index (χ4v) is 4.91. The molecule has 1 aliphatic rings. The van der Waals surface area contributed by atoms with Gasteiger partial charge in [0.2, 0.25) is 0 Å². The Labute approximate surface area is 210 Å². The van der Waals surface area contributed by atoms with Gasteiger partial charge in [-0.3, -0.25) is 9.36 Å². The van der Waals surface area contributed by atoms with Gasteiger partial charge in [-0.05, 0) is 55.3 Å². The summed E-state index contributed by atoms with van der Waals surface area (Å²) in [6, 6.07) is 10.4. The Morgan fingerprint density at radius 3 is 2.63 bits per heavy atom. The maximum Gasteiger partial charge on any atom is 0.328 e. The van der Waals surface area contributed by atoms with Gasteiger partial charge in [-0.2, -0.15) is 0 Å². The summed E-state index contributed by atoms with van der Waals surface area (Å²) in [4.78, 5) is 25.2. The molecule has 178 valence electrons. The van der Waals surface area contributed by atoms with Gasteiger partial charge in [0.1, 0.15) is 11.3 Å². The van der Waals surface area contributed by atoms with Gasteiger partial charge < -0.3 is 14.4 Å². The molecule has 0 saturated carbocycles. The molecule has 5 rings (SSSR count). The number of hydrogen-bond donors (Lipinski definition) is 1. The largest absolute Gasteiger partial charge is 0.478 e. The van der Waals surface area contributed by atoms with Crippen LogP contribution in [-0.2, 0) is 14.9 Å².